The number of H-pyrrole nitrogens is 1. The largest absolute Gasteiger partial charge is 0.481 e. The zero-order valence-corrected chi connectivity index (χ0v) is 22.5. The van der Waals surface area contributed by atoms with E-state index in [1.54, 1.807) is 11.8 Å². The zero-order chi connectivity index (χ0) is 26.0. The molecule has 2 aliphatic heterocycles. The highest BCUT2D eigenvalue weighted by Crippen LogP contribution is 2.68. The van der Waals surface area contributed by atoms with Crippen LogP contribution in [0.1, 0.15) is 49.5 Å². The third-order valence-corrected chi connectivity index (χ3v) is 11.6. The molecule has 1 aromatic carbocycles. The van der Waals surface area contributed by atoms with E-state index in [2.05, 4.69) is 48.0 Å². The molecule has 2 amide bonds. The van der Waals surface area contributed by atoms with E-state index in [9.17, 15) is 19.2 Å². The van der Waals surface area contributed by atoms with Crippen LogP contribution >= 0.6 is 23.1 Å². The molecule has 2 bridgehead atoms. The van der Waals surface area contributed by atoms with Crippen LogP contribution in [0, 0.1) is 29.6 Å². The van der Waals surface area contributed by atoms with Crippen molar-refractivity contribution < 1.29 is 19.5 Å². The number of benzene rings is 1. The molecule has 4 aliphatic rings. The number of carbonyl (C=O) groups excluding carboxylic acids is 2. The van der Waals surface area contributed by atoms with Crippen molar-refractivity contribution in [3.8, 4) is 0 Å². The smallest absolute Gasteiger partial charge is 0.305 e. The number of imide groups is 1. The van der Waals surface area contributed by atoms with Crippen LogP contribution in [0.3, 0.4) is 0 Å². The monoisotopic (exact) mass is 541 g/mol. The van der Waals surface area contributed by atoms with Gasteiger partial charge in [0, 0.05) is 47.8 Å². The molecular weight excluding hydrogens is 510 g/mol. The van der Waals surface area contributed by atoms with Crippen LogP contribution in [0.5, 0.6) is 0 Å². The summed E-state index contributed by atoms with van der Waals surface area (Å²) in [4.78, 5) is 58.0. The fourth-order valence-corrected chi connectivity index (χ4v) is 10.4. The van der Waals surface area contributed by atoms with Crippen LogP contribution in [-0.2, 0) is 14.4 Å². The van der Waals surface area contributed by atoms with Crippen LogP contribution in [-0.4, -0.2) is 57.7 Å². The quantitative estimate of drug-likeness (QED) is 0.491. The number of aliphatic carboxylic acids is 1. The number of nitrogens with zero attached hydrogens (tertiary/aromatic N) is 2. The highest BCUT2D eigenvalue weighted by molar-refractivity contribution is 8.00. The van der Waals surface area contributed by atoms with Crippen LogP contribution in [0.15, 0.2) is 34.1 Å². The summed E-state index contributed by atoms with van der Waals surface area (Å²) in [5.41, 5.74) is 2.32. The number of aromatic amines is 1. The Hall–Kier alpha value is -2.59. The van der Waals surface area contributed by atoms with Gasteiger partial charge in [0.2, 0.25) is 11.8 Å². The summed E-state index contributed by atoms with van der Waals surface area (Å²) in [7, 11) is 0. The third-order valence-electron chi connectivity index (χ3n) is 8.97. The molecule has 1 saturated heterocycles. The van der Waals surface area contributed by atoms with E-state index in [-0.39, 0.29) is 76.8 Å². The molecular formula is C27H31N3O5S2. The van der Waals surface area contributed by atoms with Gasteiger partial charge in [-0.3, -0.25) is 24.1 Å². The summed E-state index contributed by atoms with van der Waals surface area (Å²) in [6.45, 7) is 6.31. The van der Waals surface area contributed by atoms with Crippen molar-refractivity contribution in [1.29, 1.82) is 0 Å². The Morgan fingerprint density at radius 3 is 2.41 bits per heavy atom. The summed E-state index contributed by atoms with van der Waals surface area (Å²) in [6.07, 6.45) is 1.08. The Morgan fingerprint density at radius 2 is 1.76 bits per heavy atom. The minimum atomic E-state index is -0.920. The summed E-state index contributed by atoms with van der Waals surface area (Å²) in [5, 5.41) is 10.1. The molecule has 196 valence electrons. The first-order valence-corrected chi connectivity index (χ1v) is 14.8. The molecule has 2 N–H and O–H groups in total. The van der Waals surface area contributed by atoms with Crippen molar-refractivity contribution in [2.45, 2.75) is 49.3 Å². The lowest BCUT2D eigenvalue weighted by molar-refractivity contribution is -0.142. The summed E-state index contributed by atoms with van der Waals surface area (Å²) >= 11 is 2.96. The van der Waals surface area contributed by atoms with Gasteiger partial charge < -0.3 is 15.0 Å². The van der Waals surface area contributed by atoms with Crippen molar-refractivity contribution in [2.24, 2.45) is 29.6 Å². The van der Waals surface area contributed by atoms with Crippen molar-refractivity contribution in [2.75, 3.05) is 24.5 Å². The maximum atomic E-state index is 13.5. The van der Waals surface area contributed by atoms with Crippen LogP contribution in [0.4, 0.5) is 5.69 Å². The Bertz CT molecular complexity index is 1300. The van der Waals surface area contributed by atoms with Gasteiger partial charge in [-0.1, -0.05) is 23.5 Å². The van der Waals surface area contributed by atoms with E-state index >= 15 is 0 Å². The summed E-state index contributed by atoms with van der Waals surface area (Å²) < 4.78 is 0. The second-order valence-corrected chi connectivity index (χ2v) is 12.8. The molecule has 0 unspecified atom stereocenters. The number of hydrogen-bond acceptors (Lipinski definition) is 7. The first-order chi connectivity index (χ1) is 17.8. The molecule has 10 heteroatoms. The highest BCUT2D eigenvalue weighted by atomic mass is 32.2. The van der Waals surface area contributed by atoms with E-state index in [0.29, 0.717) is 0 Å². The van der Waals surface area contributed by atoms with Crippen molar-refractivity contribution in [3.05, 3.63) is 44.4 Å². The molecule has 0 radical (unpaired) electrons. The van der Waals surface area contributed by atoms with Crippen molar-refractivity contribution >= 4 is 46.6 Å². The van der Waals surface area contributed by atoms with Gasteiger partial charge in [0.05, 0.1) is 16.9 Å². The predicted octanol–water partition coefficient (Wildman–Crippen LogP) is 3.62. The molecule has 6 rings (SSSR count). The number of anilines is 1. The molecule has 7 atom stereocenters. The van der Waals surface area contributed by atoms with Crippen molar-refractivity contribution in [1.82, 2.24) is 9.88 Å². The molecule has 0 spiro atoms. The third kappa shape index (κ3) is 3.78. The average Bonchev–Trinajstić information content (AvgIpc) is 3.60. The van der Waals surface area contributed by atoms with E-state index in [1.165, 1.54) is 21.9 Å². The number of hydrogen-bond donors (Lipinski definition) is 2. The lowest BCUT2D eigenvalue weighted by Gasteiger charge is -2.43. The normalized spacial score (nSPS) is 31.4. The van der Waals surface area contributed by atoms with Gasteiger partial charge in [0.15, 0.2) is 0 Å². The van der Waals surface area contributed by atoms with Crippen LogP contribution in [0.25, 0.3) is 0 Å². The first kappa shape index (κ1) is 24.7. The van der Waals surface area contributed by atoms with Gasteiger partial charge in [-0.25, -0.2) is 0 Å². The number of thiazole rings is 1. The van der Waals surface area contributed by atoms with E-state index in [0.717, 1.165) is 35.0 Å². The van der Waals surface area contributed by atoms with Crippen LogP contribution < -0.4 is 9.77 Å². The topological polar surface area (TPSA) is 111 Å². The number of carboxylic acid groups (broad SMARTS) is 1. The number of likely N-dealkylation sites (tertiary alicyclic amines) is 1. The molecule has 37 heavy (non-hydrogen) atoms. The minimum Gasteiger partial charge on any atom is -0.481 e. The number of carboxylic acids is 1. The number of nitrogens with one attached hydrogen (secondary N) is 1. The summed E-state index contributed by atoms with van der Waals surface area (Å²) in [5.74, 6) is -1.49. The van der Waals surface area contributed by atoms with E-state index < -0.39 is 5.97 Å². The van der Waals surface area contributed by atoms with Gasteiger partial charge in [-0.05, 0) is 62.1 Å². The summed E-state index contributed by atoms with van der Waals surface area (Å²) in [6, 6.07) is 8.64. The minimum absolute atomic E-state index is 0.0101. The maximum Gasteiger partial charge on any atom is 0.305 e. The predicted molar refractivity (Wildman–Crippen MR) is 142 cm³/mol. The SMILES string of the molecule is CCN(CC)c1ccc([C@H]2c3sc(=O)[nH]c3S[C@@H]3[C@H]4C[C@@H]([C@@H]5C(=O)N(CCCC(=O)O)C(=O)[C@@H]45)[C@H]23)cc1. The van der Waals surface area contributed by atoms with Gasteiger partial charge in [-0.2, -0.15) is 0 Å². The number of carbonyl (C=O) groups is 3. The number of amides is 2. The Labute approximate surface area is 223 Å². The van der Waals surface area contributed by atoms with E-state index in [1.807, 2.05) is 0 Å². The van der Waals surface area contributed by atoms with Crippen molar-refractivity contribution in [3.63, 3.8) is 0 Å². The molecule has 2 aliphatic carbocycles. The Kier molecular flexibility index (Phi) is 6.22. The number of thioether (sulfide) groups is 1. The Balaban J connectivity index is 1.35. The highest BCUT2D eigenvalue weighted by Gasteiger charge is 2.69. The van der Waals surface area contributed by atoms with Gasteiger partial charge >= 0.3 is 10.8 Å². The first-order valence-electron chi connectivity index (χ1n) is 13.2. The number of rotatable bonds is 8. The lowest BCUT2D eigenvalue weighted by Crippen LogP contribution is -2.42. The van der Waals surface area contributed by atoms with Gasteiger partial charge in [-0.15, -0.1) is 11.8 Å². The second kappa shape index (κ2) is 9.31. The molecule has 3 heterocycles. The average molecular weight is 542 g/mol. The molecule has 1 aromatic heterocycles. The maximum absolute atomic E-state index is 13.5. The Morgan fingerprint density at radius 1 is 1.08 bits per heavy atom. The zero-order valence-electron chi connectivity index (χ0n) is 20.9. The van der Waals surface area contributed by atoms with Gasteiger partial charge in [0.25, 0.3) is 0 Å². The number of fused-ring (bicyclic) bond motifs is 9. The lowest BCUT2D eigenvalue weighted by atomic mass is 9.68. The number of aromatic nitrogens is 1. The van der Waals surface area contributed by atoms with Crippen LogP contribution in [0.2, 0.25) is 0 Å². The van der Waals surface area contributed by atoms with E-state index in [4.69, 9.17) is 5.11 Å². The molecule has 3 fully saturated rings. The molecule has 2 aromatic rings. The molecule has 8 nitrogen and oxygen atoms in total. The fraction of sp³-hybridized carbons (Fsp3) is 0.556. The standard InChI is InChI=1S/C27H31N3O5S2/c1-3-29(4-2)14-9-7-13(8-10-14)18-19-15-12-16(22(19)36-24-23(18)37-27(35)28-24)21-20(15)25(33)30(26(21)34)11-5-6-17(31)32/h7-10,15-16,18-22H,3-6,11-12H2,1-2H3,(H,28,35)(H,31,32)/t15-,16+,18-,19-,20+,21+,22-/m1/s1. The van der Waals surface area contributed by atoms with Gasteiger partial charge in [0.1, 0.15) is 0 Å². The fourth-order valence-electron chi connectivity index (χ4n) is 7.54. The molecule has 2 saturated carbocycles. The second-order valence-electron chi connectivity index (χ2n) is 10.5.